The fourth-order valence-electron chi connectivity index (χ4n) is 3.52. The van der Waals surface area contributed by atoms with Gasteiger partial charge in [-0.1, -0.05) is 60.1 Å². The molecule has 0 bridgehead atoms. The second-order valence-corrected chi connectivity index (χ2v) is 7.74. The summed E-state index contributed by atoms with van der Waals surface area (Å²) in [4.78, 5) is 6.91. The Balaban J connectivity index is 1.51. The van der Waals surface area contributed by atoms with Gasteiger partial charge in [-0.05, 0) is 25.0 Å². The number of aliphatic imine (C=N–C) groups is 1. The third-order valence-electron chi connectivity index (χ3n) is 5.06. The van der Waals surface area contributed by atoms with Gasteiger partial charge in [-0.3, -0.25) is 4.99 Å². The van der Waals surface area contributed by atoms with Crippen molar-refractivity contribution in [2.75, 3.05) is 32.8 Å². The molecule has 1 aliphatic rings. The number of hydrogen-bond acceptors (Lipinski definition) is 3. The molecule has 1 aliphatic heterocycles. The van der Waals surface area contributed by atoms with Crippen LogP contribution in [-0.4, -0.2) is 48.8 Å². The Kier molecular flexibility index (Phi) is 8.35. The van der Waals surface area contributed by atoms with Gasteiger partial charge in [0, 0.05) is 36.1 Å². The van der Waals surface area contributed by atoms with Crippen LogP contribution in [0, 0.1) is 5.92 Å². The van der Waals surface area contributed by atoms with Crippen molar-refractivity contribution < 1.29 is 9.84 Å². The molecular formula is C23H30ClN3O2. The van der Waals surface area contributed by atoms with Gasteiger partial charge in [0.25, 0.3) is 0 Å². The molecule has 1 saturated heterocycles. The van der Waals surface area contributed by atoms with Crippen LogP contribution in [0.25, 0.3) is 0 Å². The van der Waals surface area contributed by atoms with E-state index in [0.717, 1.165) is 38.6 Å². The van der Waals surface area contributed by atoms with Crippen LogP contribution >= 0.6 is 11.6 Å². The third-order valence-corrected chi connectivity index (χ3v) is 5.41. The van der Waals surface area contributed by atoms with E-state index in [1.807, 2.05) is 36.4 Å². The maximum atomic E-state index is 10.5. The van der Waals surface area contributed by atoms with E-state index in [1.54, 1.807) is 6.07 Å². The van der Waals surface area contributed by atoms with Gasteiger partial charge in [-0.25, -0.2) is 0 Å². The number of guanidine groups is 1. The van der Waals surface area contributed by atoms with Crippen LogP contribution in [-0.2, 0) is 11.3 Å². The van der Waals surface area contributed by atoms with Crippen molar-refractivity contribution in [2.24, 2.45) is 10.9 Å². The van der Waals surface area contributed by atoms with Crippen LogP contribution < -0.4 is 5.32 Å². The van der Waals surface area contributed by atoms with Gasteiger partial charge in [0.15, 0.2) is 5.96 Å². The molecule has 156 valence electrons. The summed E-state index contributed by atoms with van der Waals surface area (Å²) >= 11 is 6.19. The molecule has 5 nitrogen and oxygen atoms in total. The van der Waals surface area contributed by atoms with E-state index in [-0.39, 0.29) is 6.54 Å². The second-order valence-electron chi connectivity index (χ2n) is 7.33. The van der Waals surface area contributed by atoms with Gasteiger partial charge in [0.2, 0.25) is 0 Å². The molecule has 0 aromatic heterocycles. The Bertz CT molecular complexity index is 785. The number of rotatable bonds is 8. The van der Waals surface area contributed by atoms with Gasteiger partial charge < -0.3 is 20.1 Å². The predicted molar refractivity (Wildman–Crippen MR) is 118 cm³/mol. The fraction of sp³-hybridized carbons (Fsp3) is 0.435. The van der Waals surface area contributed by atoms with Crippen molar-refractivity contribution in [2.45, 2.75) is 26.1 Å². The van der Waals surface area contributed by atoms with E-state index in [1.165, 1.54) is 5.56 Å². The van der Waals surface area contributed by atoms with Gasteiger partial charge in [0.1, 0.15) is 6.10 Å². The SMILES string of the molecule is CCNC(=NCC(O)c1ccccc1Cl)N1CCC(COCc2ccccc2)C1. The zero-order chi connectivity index (χ0) is 20.5. The molecule has 0 aliphatic carbocycles. The smallest absolute Gasteiger partial charge is 0.194 e. The van der Waals surface area contributed by atoms with E-state index in [9.17, 15) is 5.11 Å². The number of nitrogens with zero attached hydrogens (tertiary/aromatic N) is 2. The minimum absolute atomic E-state index is 0.276. The summed E-state index contributed by atoms with van der Waals surface area (Å²) in [7, 11) is 0. The molecule has 1 fully saturated rings. The maximum Gasteiger partial charge on any atom is 0.194 e. The van der Waals surface area contributed by atoms with Crippen LogP contribution in [0.1, 0.15) is 30.6 Å². The first-order chi connectivity index (χ1) is 14.2. The van der Waals surface area contributed by atoms with Crippen molar-refractivity contribution in [3.8, 4) is 0 Å². The van der Waals surface area contributed by atoms with Crippen molar-refractivity contribution >= 4 is 17.6 Å². The van der Waals surface area contributed by atoms with Crippen LogP contribution in [0.4, 0.5) is 0 Å². The number of hydrogen-bond donors (Lipinski definition) is 2. The monoisotopic (exact) mass is 415 g/mol. The highest BCUT2D eigenvalue weighted by atomic mass is 35.5. The van der Waals surface area contributed by atoms with E-state index < -0.39 is 6.10 Å². The molecule has 2 unspecified atom stereocenters. The summed E-state index contributed by atoms with van der Waals surface area (Å²) in [6.45, 7) is 6.35. The molecule has 2 aromatic carbocycles. The summed E-state index contributed by atoms with van der Waals surface area (Å²) in [5, 5.41) is 14.4. The molecule has 2 atom stereocenters. The lowest BCUT2D eigenvalue weighted by molar-refractivity contribution is 0.0906. The lowest BCUT2D eigenvalue weighted by Gasteiger charge is -2.22. The quantitative estimate of drug-likeness (QED) is 0.507. The number of aliphatic hydroxyl groups excluding tert-OH is 1. The Labute approximate surface area is 178 Å². The number of likely N-dealkylation sites (tertiary alicyclic amines) is 1. The Hall–Kier alpha value is -2.08. The summed E-state index contributed by atoms with van der Waals surface area (Å²) in [6.07, 6.45) is 0.358. The predicted octanol–water partition coefficient (Wildman–Crippen LogP) is 3.88. The van der Waals surface area contributed by atoms with Crippen molar-refractivity contribution in [3.05, 3.63) is 70.7 Å². The first-order valence-electron chi connectivity index (χ1n) is 10.2. The fourth-order valence-corrected chi connectivity index (χ4v) is 3.78. The third kappa shape index (κ3) is 6.46. The molecule has 0 spiro atoms. The second kappa shape index (κ2) is 11.2. The van der Waals surface area contributed by atoms with E-state index >= 15 is 0 Å². The molecule has 0 amide bonds. The van der Waals surface area contributed by atoms with Crippen molar-refractivity contribution in [1.29, 1.82) is 0 Å². The standard InChI is InChI=1S/C23H30ClN3O2/c1-2-25-23(26-14-22(28)20-10-6-7-11-21(20)24)27-13-12-19(15-27)17-29-16-18-8-4-3-5-9-18/h3-11,19,22,28H,2,12-17H2,1H3,(H,25,26). The van der Waals surface area contributed by atoms with Gasteiger partial charge in [0.05, 0.1) is 19.8 Å². The number of halogens is 1. The summed E-state index contributed by atoms with van der Waals surface area (Å²) < 4.78 is 5.92. The van der Waals surface area contributed by atoms with Crippen LogP contribution in [0.15, 0.2) is 59.6 Å². The number of ether oxygens (including phenoxy) is 1. The van der Waals surface area contributed by atoms with E-state index in [2.05, 4.69) is 34.3 Å². The highest BCUT2D eigenvalue weighted by Crippen LogP contribution is 2.23. The Morgan fingerprint density at radius 1 is 1.24 bits per heavy atom. The largest absolute Gasteiger partial charge is 0.386 e. The first-order valence-corrected chi connectivity index (χ1v) is 10.6. The van der Waals surface area contributed by atoms with E-state index in [4.69, 9.17) is 16.3 Å². The zero-order valence-corrected chi connectivity index (χ0v) is 17.7. The molecule has 2 N–H and O–H groups in total. The maximum absolute atomic E-state index is 10.5. The lowest BCUT2D eigenvalue weighted by atomic mass is 10.1. The van der Waals surface area contributed by atoms with Gasteiger partial charge in [-0.15, -0.1) is 0 Å². The highest BCUT2D eigenvalue weighted by Gasteiger charge is 2.25. The van der Waals surface area contributed by atoms with Gasteiger partial charge >= 0.3 is 0 Å². The van der Waals surface area contributed by atoms with Crippen LogP contribution in [0.3, 0.4) is 0 Å². The average molecular weight is 416 g/mol. The van der Waals surface area contributed by atoms with E-state index in [0.29, 0.717) is 23.1 Å². The molecular weight excluding hydrogens is 386 g/mol. The first kappa shape index (κ1) is 21.6. The Morgan fingerprint density at radius 3 is 2.76 bits per heavy atom. The summed E-state index contributed by atoms with van der Waals surface area (Å²) in [5.41, 5.74) is 1.91. The molecule has 6 heteroatoms. The molecule has 0 saturated carbocycles. The topological polar surface area (TPSA) is 57.1 Å². The highest BCUT2D eigenvalue weighted by molar-refractivity contribution is 6.31. The average Bonchev–Trinajstić information content (AvgIpc) is 3.21. The molecule has 0 radical (unpaired) electrons. The summed E-state index contributed by atoms with van der Waals surface area (Å²) in [5.74, 6) is 1.32. The minimum atomic E-state index is -0.718. The van der Waals surface area contributed by atoms with Crippen molar-refractivity contribution in [3.63, 3.8) is 0 Å². The van der Waals surface area contributed by atoms with Gasteiger partial charge in [-0.2, -0.15) is 0 Å². The molecule has 29 heavy (non-hydrogen) atoms. The molecule has 3 rings (SSSR count). The number of nitrogens with one attached hydrogen (secondary N) is 1. The van der Waals surface area contributed by atoms with Crippen molar-refractivity contribution in [1.82, 2.24) is 10.2 Å². The minimum Gasteiger partial charge on any atom is -0.386 e. The van der Waals surface area contributed by atoms with Crippen LogP contribution in [0.5, 0.6) is 0 Å². The molecule has 2 aromatic rings. The zero-order valence-electron chi connectivity index (χ0n) is 16.9. The number of aliphatic hydroxyl groups is 1. The summed E-state index contributed by atoms with van der Waals surface area (Å²) in [6, 6.07) is 17.6. The molecule has 1 heterocycles. The Morgan fingerprint density at radius 2 is 2.00 bits per heavy atom. The van der Waals surface area contributed by atoms with Crippen LogP contribution in [0.2, 0.25) is 5.02 Å². The number of benzene rings is 2. The normalized spacial score (nSPS) is 18.1. The lowest BCUT2D eigenvalue weighted by Crippen LogP contribution is -2.40.